The van der Waals surface area contributed by atoms with Crippen LogP contribution >= 0.6 is 0 Å². The van der Waals surface area contributed by atoms with Crippen LogP contribution in [0.25, 0.3) is 0 Å². The van der Waals surface area contributed by atoms with Gasteiger partial charge in [0.15, 0.2) is 0 Å². The van der Waals surface area contributed by atoms with Gasteiger partial charge >= 0.3 is 0 Å². The molecule has 0 aromatic heterocycles. The Balaban J connectivity index is 4.55. The first-order chi connectivity index (χ1) is 6.63. The smallest absolute Gasteiger partial charge is 0.0261 e. The highest BCUT2D eigenvalue weighted by Gasteiger charge is 1.91. The van der Waals surface area contributed by atoms with Gasteiger partial charge in [0.2, 0.25) is 0 Å². The SMILES string of the molecule is C=CC(=C/C(=C)CCC)/C=C(\C)CC. The molecule has 0 nitrogen and oxygen atoms in total. The molecule has 0 fully saturated rings. The van der Waals surface area contributed by atoms with E-state index in [0.29, 0.717) is 0 Å². The van der Waals surface area contributed by atoms with E-state index in [1.54, 1.807) is 0 Å². The highest BCUT2D eigenvalue weighted by atomic mass is 14.0. The minimum absolute atomic E-state index is 1.07. The summed E-state index contributed by atoms with van der Waals surface area (Å²) in [6.07, 6.45) is 9.49. The lowest BCUT2D eigenvalue weighted by Crippen LogP contribution is -1.80. The van der Waals surface area contributed by atoms with Crippen molar-refractivity contribution in [1.82, 2.24) is 0 Å². The third-order valence-corrected chi connectivity index (χ3v) is 2.15. The molecule has 0 saturated heterocycles. The Labute approximate surface area is 88.7 Å². The third kappa shape index (κ3) is 5.58. The summed E-state index contributed by atoms with van der Waals surface area (Å²) in [6.45, 7) is 14.3. The van der Waals surface area contributed by atoms with E-state index in [1.807, 2.05) is 6.08 Å². The van der Waals surface area contributed by atoms with Crippen molar-refractivity contribution in [1.29, 1.82) is 0 Å². The molecule has 0 unspecified atom stereocenters. The topological polar surface area (TPSA) is 0 Å². The maximum absolute atomic E-state index is 4.01. The Morgan fingerprint density at radius 3 is 2.29 bits per heavy atom. The van der Waals surface area contributed by atoms with Crippen molar-refractivity contribution in [3.63, 3.8) is 0 Å². The van der Waals surface area contributed by atoms with Gasteiger partial charge in [-0.2, -0.15) is 0 Å². The molecule has 0 radical (unpaired) electrons. The molecule has 0 N–H and O–H groups in total. The van der Waals surface area contributed by atoms with Gasteiger partial charge in [-0.3, -0.25) is 0 Å². The molecular weight excluding hydrogens is 168 g/mol. The summed E-state index contributed by atoms with van der Waals surface area (Å²) in [4.78, 5) is 0. The van der Waals surface area contributed by atoms with Crippen molar-refractivity contribution in [3.05, 3.63) is 48.1 Å². The van der Waals surface area contributed by atoms with Crippen molar-refractivity contribution in [2.24, 2.45) is 0 Å². The van der Waals surface area contributed by atoms with Gasteiger partial charge in [0.1, 0.15) is 0 Å². The minimum Gasteiger partial charge on any atom is -0.0985 e. The van der Waals surface area contributed by atoms with E-state index in [2.05, 4.69) is 46.1 Å². The predicted molar refractivity (Wildman–Crippen MR) is 66.4 cm³/mol. The van der Waals surface area contributed by atoms with E-state index in [4.69, 9.17) is 0 Å². The fourth-order valence-electron chi connectivity index (χ4n) is 1.18. The quantitative estimate of drug-likeness (QED) is 0.527. The van der Waals surface area contributed by atoms with Crippen LogP contribution in [0.5, 0.6) is 0 Å². The number of hydrogen-bond donors (Lipinski definition) is 0. The molecule has 0 amide bonds. The summed E-state index contributed by atoms with van der Waals surface area (Å²) < 4.78 is 0. The van der Waals surface area contributed by atoms with Crippen LogP contribution in [0.15, 0.2) is 48.1 Å². The van der Waals surface area contributed by atoms with E-state index >= 15 is 0 Å². The van der Waals surface area contributed by atoms with Crippen LogP contribution in [0.2, 0.25) is 0 Å². The lowest BCUT2D eigenvalue weighted by Gasteiger charge is -2.00. The molecular formula is C14H22. The first-order valence-electron chi connectivity index (χ1n) is 5.33. The summed E-state index contributed by atoms with van der Waals surface area (Å²) in [5.74, 6) is 0. The molecule has 0 bridgehead atoms. The monoisotopic (exact) mass is 190 g/mol. The van der Waals surface area contributed by atoms with Crippen molar-refractivity contribution in [3.8, 4) is 0 Å². The van der Waals surface area contributed by atoms with Crippen molar-refractivity contribution < 1.29 is 0 Å². The Morgan fingerprint density at radius 1 is 1.21 bits per heavy atom. The van der Waals surface area contributed by atoms with Gasteiger partial charge in [-0.25, -0.2) is 0 Å². The van der Waals surface area contributed by atoms with Crippen LogP contribution in [0.3, 0.4) is 0 Å². The molecule has 0 heterocycles. The van der Waals surface area contributed by atoms with E-state index in [-0.39, 0.29) is 0 Å². The Hall–Kier alpha value is -1.04. The van der Waals surface area contributed by atoms with E-state index in [1.165, 1.54) is 16.7 Å². The summed E-state index contributed by atoms with van der Waals surface area (Å²) in [6, 6.07) is 0. The highest BCUT2D eigenvalue weighted by Crippen LogP contribution is 2.12. The van der Waals surface area contributed by atoms with Gasteiger partial charge < -0.3 is 0 Å². The van der Waals surface area contributed by atoms with Gasteiger partial charge in [0.05, 0.1) is 0 Å². The number of hydrogen-bond acceptors (Lipinski definition) is 0. The van der Waals surface area contributed by atoms with Gasteiger partial charge in [-0.15, -0.1) is 0 Å². The second-order valence-corrected chi connectivity index (χ2v) is 3.60. The molecule has 0 spiro atoms. The first kappa shape index (κ1) is 13.0. The zero-order chi connectivity index (χ0) is 11.0. The highest BCUT2D eigenvalue weighted by molar-refractivity contribution is 5.37. The molecule has 14 heavy (non-hydrogen) atoms. The van der Waals surface area contributed by atoms with Crippen molar-refractivity contribution >= 4 is 0 Å². The molecule has 0 aromatic carbocycles. The van der Waals surface area contributed by atoms with Gasteiger partial charge in [-0.1, -0.05) is 62.8 Å². The summed E-state index contributed by atoms with van der Waals surface area (Å²) in [5.41, 5.74) is 3.73. The molecule has 0 heteroatoms. The van der Waals surface area contributed by atoms with Crippen LogP contribution < -0.4 is 0 Å². The van der Waals surface area contributed by atoms with Crippen molar-refractivity contribution in [2.75, 3.05) is 0 Å². The lowest BCUT2D eigenvalue weighted by atomic mass is 10.1. The maximum Gasteiger partial charge on any atom is -0.0261 e. The first-order valence-corrected chi connectivity index (χ1v) is 5.33. The predicted octanol–water partition coefficient (Wildman–Crippen LogP) is 4.81. The fraction of sp³-hybridized carbons (Fsp3) is 0.429. The molecule has 0 aliphatic carbocycles. The second kappa shape index (κ2) is 7.37. The van der Waals surface area contributed by atoms with Crippen LogP contribution in [0.1, 0.15) is 40.0 Å². The summed E-state index contributed by atoms with van der Waals surface area (Å²) in [5, 5.41) is 0. The average Bonchev–Trinajstić information content (AvgIpc) is 2.16. The molecule has 0 saturated carbocycles. The molecule has 78 valence electrons. The fourth-order valence-corrected chi connectivity index (χ4v) is 1.18. The summed E-state index contributed by atoms with van der Waals surface area (Å²) >= 11 is 0. The Kier molecular flexibility index (Phi) is 6.82. The molecule has 0 aliphatic heterocycles. The third-order valence-electron chi connectivity index (χ3n) is 2.15. The largest absolute Gasteiger partial charge is 0.0985 e. The van der Waals surface area contributed by atoms with Crippen LogP contribution in [0.4, 0.5) is 0 Å². The van der Waals surface area contributed by atoms with E-state index in [9.17, 15) is 0 Å². The van der Waals surface area contributed by atoms with E-state index < -0.39 is 0 Å². The van der Waals surface area contributed by atoms with Crippen molar-refractivity contribution in [2.45, 2.75) is 40.0 Å². The Morgan fingerprint density at radius 2 is 1.86 bits per heavy atom. The normalized spacial score (nSPS) is 12.8. The lowest BCUT2D eigenvalue weighted by molar-refractivity contribution is 0.929. The standard InChI is InChI=1S/C14H22/c1-6-9-13(5)11-14(8-3)10-12(4)7-2/h8,10-11H,3,5-7,9H2,1-2,4H3/b12-10+,14-11-. The molecule has 0 atom stereocenters. The number of allylic oxidation sites excluding steroid dienone is 6. The molecule has 0 aliphatic rings. The summed E-state index contributed by atoms with van der Waals surface area (Å²) in [7, 11) is 0. The van der Waals surface area contributed by atoms with Crippen LogP contribution in [-0.4, -0.2) is 0 Å². The average molecular weight is 190 g/mol. The Bertz CT molecular complexity index is 251. The molecule has 0 aromatic rings. The van der Waals surface area contributed by atoms with Gasteiger partial charge in [-0.05, 0) is 25.3 Å². The minimum atomic E-state index is 1.07. The van der Waals surface area contributed by atoms with Crippen LogP contribution in [-0.2, 0) is 0 Å². The zero-order valence-corrected chi connectivity index (χ0v) is 9.77. The van der Waals surface area contributed by atoms with Crippen LogP contribution in [0, 0.1) is 0 Å². The zero-order valence-electron chi connectivity index (χ0n) is 9.77. The maximum atomic E-state index is 4.01. The van der Waals surface area contributed by atoms with Gasteiger partial charge in [0, 0.05) is 0 Å². The number of rotatable bonds is 6. The van der Waals surface area contributed by atoms with Gasteiger partial charge in [0.25, 0.3) is 0 Å². The molecule has 0 rings (SSSR count). The second-order valence-electron chi connectivity index (χ2n) is 3.60. The van der Waals surface area contributed by atoms with E-state index in [0.717, 1.165) is 19.3 Å².